The number of sulfonamides is 1. The summed E-state index contributed by atoms with van der Waals surface area (Å²) in [6.07, 6.45) is 4.27. The van der Waals surface area contributed by atoms with Gasteiger partial charge in [-0.05, 0) is 75.6 Å². The molecule has 1 aliphatic carbocycles. The molecule has 0 spiro atoms. The van der Waals surface area contributed by atoms with Gasteiger partial charge in [0.2, 0.25) is 10.0 Å². The summed E-state index contributed by atoms with van der Waals surface area (Å²) in [7, 11) is -3.59. The Bertz CT molecular complexity index is 938. The standard InChI is InChI=1S/C24H36N2O5S/c1-16-9-10-21(15-18(16)3)32(29,30)26-13-11-20(12-14-26)24(28)31-19(4)23(27)25-22-8-6-5-7-17(22)2/h9-10,15,17,19-20,22H,5-8,11-14H2,1-4H3,(H,25,27)/t17-,19+,22+/m0/s1. The molecule has 2 fully saturated rings. The summed E-state index contributed by atoms with van der Waals surface area (Å²) in [5.74, 6) is -0.649. The Balaban J connectivity index is 1.51. The van der Waals surface area contributed by atoms with Crippen LogP contribution in [0, 0.1) is 25.7 Å². The van der Waals surface area contributed by atoms with Gasteiger partial charge in [0.25, 0.3) is 5.91 Å². The lowest BCUT2D eigenvalue weighted by Crippen LogP contribution is -2.47. The number of ether oxygens (including phenoxy) is 1. The Morgan fingerprint density at radius 1 is 1.06 bits per heavy atom. The zero-order valence-corrected chi connectivity index (χ0v) is 20.4. The molecule has 32 heavy (non-hydrogen) atoms. The molecule has 1 N–H and O–H groups in total. The van der Waals surface area contributed by atoms with E-state index >= 15 is 0 Å². The largest absolute Gasteiger partial charge is 0.452 e. The minimum Gasteiger partial charge on any atom is -0.452 e. The van der Waals surface area contributed by atoms with Gasteiger partial charge in [-0.15, -0.1) is 0 Å². The molecule has 1 saturated heterocycles. The van der Waals surface area contributed by atoms with Gasteiger partial charge < -0.3 is 10.1 Å². The number of hydrogen-bond acceptors (Lipinski definition) is 5. The van der Waals surface area contributed by atoms with Crippen LogP contribution in [-0.2, 0) is 24.3 Å². The summed E-state index contributed by atoms with van der Waals surface area (Å²) in [6, 6.07) is 5.27. The molecular weight excluding hydrogens is 428 g/mol. The number of hydrogen-bond donors (Lipinski definition) is 1. The molecule has 3 atom stereocenters. The number of piperidine rings is 1. The number of amides is 1. The van der Waals surface area contributed by atoms with Gasteiger partial charge in [0.15, 0.2) is 6.10 Å². The van der Waals surface area contributed by atoms with E-state index in [4.69, 9.17) is 4.74 Å². The molecular formula is C24H36N2O5S. The molecule has 7 nitrogen and oxygen atoms in total. The second-order valence-corrected chi connectivity index (χ2v) is 11.3. The van der Waals surface area contributed by atoms with Gasteiger partial charge in [0, 0.05) is 19.1 Å². The molecule has 1 saturated carbocycles. The highest BCUT2D eigenvalue weighted by Crippen LogP contribution is 2.27. The van der Waals surface area contributed by atoms with E-state index in [1.54, 1.807) is 19.1 Å². The fourth-order valence-electron chi connectivity index (χ4n) is 4.51. The number of esters is 1. The maximum atomic E-state index is 13.0. The van der Waals surface area contributed by atoms with Gasteiger partial charge in [-0.1, -0.05) is 25.8 Å². The van der Waals surface area contributed by atoms with Crippen molar-refractivity contribution in [1.29, 1.82) is 0 Å². The van der Waals surface area contributed by atoms with Crippen LogP contribution in [0.1, 0.15) is 63.5 Å². The van der Waals surface area contributed by atoms with Gasteiger partial charge in [0.1, 0.15) is 0 Å². The van der Waals surface area contributed by atoms with E-state index in [0.29, 0.717) is 18.8 Å². The third-order valence-electron chi connectivity index (χ3n) is 7.00. The lowest BCUT2D eigenvalue weighted by atomic mass is 9.86. The Morgan fingerprint density at radius 2 is 1.72 bits per heavy atom. The zero-order chi connectivity index (χ0) is 23.5. The maximum absolute atomic E-state index is 13.0. The fourth-order valence-corrected chi connectivity index (χ4v) is 6.07. The van der Waals surface area contributed by atoms with Gasteiger partial charge in [0.05, 0.1) is 10.8 Å². The first-order chi connectivity index (χ1) is 15.1. The normalized spacial score (nSPS) is 24.0. The second kappa shape index (κ2) is 10.3. The number of carbonyl (C=O) groups excluding carboxylic acids is 2. The number of nitrogens with zero attached hydrogens (tertiary/aromatic N) is 1. The van der Waals surface area contributed by atoms with E-state index in [0.717, 1.165) is 30.4 Å². The van der Waals surface area contributed by atoms with Crippen LogP contribution in [0.15, 0.2) is 23.1 Å². The van der Waals surface area contributed by atoms with Crippen molar-refractivity contribution >= 4 is 21.9 Å². The molecule has 0 unspecified atom stereocenters. The predicted octanol–water partition coefficient (Wildman–Crippen LogP) is 3.33. The minimum absolute atomic E-state index is 0.135. The molecule has 0 radical (unpaired) electrons. The van der Waals surface area contributed by atoms with Gasteiger partial charge in [-0.25, -0.2) is 8.42 Å². The van der Waals surface area contributed by atoms with Crippen molar-refractivity contribution < 1.29 is 22.7 Å². The van der Waals surface area contributed by atoms with Crippen molar-refractivity contribution in [3.63, 3.8) is 0 Å². The van der Waals surface area contributed by atoms with Crippen LogP contribution < -0.4 is 5.32 Å². The highest BCUT2D eigenvalue weighted by Gasteiger charge is 2.34. The molecule has 2 aliphatic rings. The molecule has 1 aliphatic heterocycles. The van der Waals surface area contributed by atoms with Gasteiger partial charge in [-0.2, -0.15) is 4.31 Å². The zero-order valence-electron chi connectivity index (χ0n) is 19.6. The van der Waals surface area contributed by atoms with Crippen LogP contribution in [0.5, 0.6) is 0 Å². The van der Waals surface area contributed by atoms with E-state index in [9.17, 15) is 18.0 Å². The third-order valence-corrected chi connectivity index (χ3v) is 8.90. The van der Waals surface area contributed by atoms with E-state index in [2.05, 4.69) is 12.2 Å². The van der Waals surface area contributed by atoms with Crippen molar-refractivity contribution in [3.05, 3.63) is 29.3 Å². The van der Waals surface area contributed by atoms with E-state index in [1.165, 1.54) is 10.7 Å². The average molecular weight is 465 g/mol. The van der Waals surface area contributed by atoms with Crippen LogP contribution in [0.4, 0.5) is 0 Å². The van der Waals surface area contributed by atoms with E-state index in [-0.39, 0.29) is 29.9 Å². The number of aryl methyl sites for hydroxylation is 2. The Hall–Kier alpha value is -1.93. The van der Waals surface area contributed by atoms with Crippen molar-refractivity contribution in [2.24, 2.45) is 11.8 Å². The Labute approximate surface area is 191 Å². The lowest BCUT2D eigenvalue weighted by Gasteiger charge is -2.32. The SMILES string of the molecule is Cc1ccc(S(=O)(=O)N2CCC(C(=O)O[C@H](C)C(=O)N[C@@H]3CCCC[C@@H]3C)CC2)cc1C. The summed E-state index contributed by atoms with van der Waals surface area (Å²) in [5.41, 5.74) is 1.97. The molecule has 3 rings (SSSR count). The molecule has 0 bridgehead atoms. The number of nitrogens with one attached hydrogen (secondary N) is 1. The summed E-state index contributed by atoms with van der Waals surface area (Å²) < 4.78 is 32.8. The molecule has 1 aromatic carbocycles. The minimum atomic E-state index is -3.59. The smallest absolute Gasteiger partial charge is 0.309 e. The second-order valence-electron chi connectivity index (χ2n) is 9.38. The van der Waals surface area contributed by atoms with Gasteiger partial charge >= 0.3 is 5.97 Å². The van der Waals surface area contributed by atoms with Crippen molar-refractivity contribution in [3.8, 4) is 0 Å². The van der Waals surface area contributed by atoms with Crippen LogP contribution in [-0.4, -0.2) is 49.8 Å². The topological polar surface area (TPSA) is 92.8 Å². The van der Waals surface area contributed by atoms with Crippen LogP contribution in [0.3, 0.4) is 0 Å². The van der Waals surface area contributed by atoms with Crippen LogP contribution in [0.25, 0.3) is 0 Å². The van der Waals surface area contributed by atoms with Gasteiger partial charge in [-0.3, -0.25) is 9.59 Å². The number of rotatable bonds is 6. The highest BCUT2D eigenvalue weighted by atomic mass is 32.2. The molecule has 1 heterocycles. The summed E-state index contributed by atoms with van der Waals surface area (Å²) >= 11 is 0. The molecule has 178 valence electrons. The Kier molecular flexibility index (Phi) is 7.98. The predicted molar refractivity (Wildman–Crippen MR) is 123 cm³/mol. The molecule has 1 aromatic rings. The first-order valence-corrected chi connectivity index (χ1v) is 13.1. The maximum Gasteiger partial charge on any atom is 0.309 e. The van der Waals surface area contributed by atoms with Crippen molar-refractivity contribution in [2.75, 3.05) is 13.1 Å². The molecule has 0 aromatic heterocycles. The first kappa shape index (κ1) is 24.7. The van der Waals surface area contributed by atoms with Crippen molar-refractivity contribution in [2.45, 2.75) is 83.3 Å². The summed E-state index contributed by atoms with van der Waals surface area (Å²) in [5, 5.41) is 3.03. The molecule has 8 heteroatoms. The summed E-state index contributed by atoms with van der Waals surface area (Å²) in [6.45, 7) is 8.09. The first-order valence-electron chi connectivity index (χ1n) is 11.7. The fraction of sp³-hybridized carbons (Fsp3) is 0.667. The number of benzene rings is 1. The van der Waals surface area contributed by atoms with Crippen LogP contribution in [0.2, 0.25) is 0 Å². The average Bonchev–Trinajstić information content (AvgIpc) is 2.77. The van der Waals surface area contributed by atoms with E-state index in [1.807, 2.05) is 19.9 Å². The third kappa shape index (κ3) is 5.70. The summed E-state index contributed by atoms with van der Waals surface area (Å²) in [4.78, 5) is 25.4. The Morgan fingerprint density at radius 3 is 2.34 bits per heavy atom. The highest BCUT2D eigenvalue weighted by molar-refractivity contribution is 7.89. The van der Waals surface area contributed by atoms with Crippen LogP contribution >= 0.6 is 0 Å². The lowest BCUT2D eigenvalue weighted by molar-refractivity contribution is -0.160. The van der Waals surface area contributed by atoms with Crippen molar-refractivity contribution in [1.82, 2.24) is 9.62 Å². The monoisotopic (exact) mass is 464 g/mol. The molecule has 1 amide bonds. The number of carbonyl (C=O) groups is 2. The van der Waals surface area contributed by atoms with E-state index < -0.39 is 28.0 Å². The quantitative estimate of drug-likeness (QED) is 0.652.